The highest BCUT2D eigenvalue weighted by molar-refractivity contribution is 6.30. The van der Waals surface area contributed by atoms with Gasteiger partial charge in [-0.05, 0) is 61.4 Å². The molecule has 1 aromatic heterocycles. The van der Waals surface area contributed by atoms with Crippen LogP contribution in [0.4, 0.5) is 5.69 Å². The SMILES string of the molecule is Cc1cc(-c2nn(C)c(Cl)c2C)ccc1OCc1c(C)cccc1N1N=NNC1C=O. The number of ether oxygens (including phenoxy) is 1. The molecule has 1 aliphatic heterocycles. The Morgan fingerprint density at radius 1 is 1.19 bits per heavy atom. The standard InChI is InChI=1S/C22H23ClN6O2/c1-13-6-5-7-18(29-20(11-30)24-26-27-29)17(13)12-31-19-9-8-16(10-14(19)2)21-15(3)22(23)28(4)25-21/h5-11,20H,12H2,1-4H3,(H,24,27). The maximum atomic E-state index is 11.3. The van der Waals surface area contributed by atoms with Crippen LogP contribution in [0.2, 0.25) is 5.15 Å². The van der Waals surface area contributed by atoms with E-state index >= 15 is 0 Å². The molecule has 0 amide bonds. The zero-order valence-electron chi connectivity index (χ0n) is 17.8. The van der Waals surface area contributed by atoms with Crippen LogP contribution in [0.25, 0.3) is 11.3 Å². The van der Waals surface area contributed by atoms with Crippen LogP contribution in [0.3, 0.4) is 0 Å². The number of halogens is 1. The van der Waals surface area contributed by atoms with Crippen LogP contribution in [-0.4, -0.2) is 22.2 Å². The molecular formula is C22H23ClN6O2. The summed E-state index contributed by atoms with van der Waals surface area (Å²) in [5.74, 6) is 0.769. The van der Waals surface area contributed by atoms with Gasteiger partial charge in [0, 0.05) is 23.7 Å². The Morgan fingerprint density at radius 2 is 2.00 bits per heavy atom. The second kappa shape index (κ2) is 8.39. The van der Waals surface area contributed by atoms with Crippen molar-refractivity contribution >= 4 is 23.6 Å². The highest BCUT2D eigenvalue weighted by atomic mass is 35.5. The number of hydrogen-bond acceptors (Lipinski definition) is 7. The van der Waals surface area contributed by atoms with E-state index in [1.165, 1.54) is 0 Å². The van der Waals surface area contributed by atoms with E-state index < -0.39 is 6.17 Å². The van der Waals surface area contributed by atoms with Crippen LogP contribution in [0, 0.1) is 20.8 Å². The first kappa shape index (κ1) is 20.9. The number of aldehydes is 1. The van der Waals surface area contributed by atoms with Crippen molar-refractivity contribution in [3.05, 3.63) is 63.8 Å². The first-order valence-corrected chi connectivity index (χ1v) is 10.2. The lowest BCUT2D eigenvalue weighted by atomic mass is 10.0. The van der Waals surface area contributed by atoms with Crippen molar-refractivity contribution in [2.45, 2.75) is 33.5 Å². The Hall–Kier alpha value is -3.39. The van der Waals surface area contributed by atoms with Crippen molar-refractivity contribution in [3.8, 4) is 17.0 Å². The topological polar surface area (TPSA) is 84.1 Å². The Bertz CT molecular complexity index is 1170. The summed E-state index contributed by atoms with van der Waals surface area (Å²) in [6.07, 6.45) is 0.136. The zero-order valence-corrected chi connectivity index (χ0v) is 18.5. The van der Waals surface area contributed by atoms with Crippen molar-refractivity contribution in [1.82, 2.24) is 15.2 Å². The summed E-state index contributed by atoms with van der Waals surface area (Å²) in [6.45, 7) is 6.29. The molecule has 2 heterocycles. The Kier molecular flexibility index (Phi) is 5.65. The number of anilines is 1. The number of aromatic nitrogens is 2. The van der Waals surface area contributed by atoms with Crippen LogP contribution in [0.1, 0.15) is 22.3 Å². The van der Waals surface area contributed by atoms with Gasteiger partial charge in [-0.3, -0.25) is 14.9 Å². The monoisotopic (exact) mass is 438 g/mol. The molecule has 4 rings (SSSR count). The minimum absolute atomic E-state index is 0.328. The Labute approximate surface area is 185 Å². The molecule has 0 saturated carbocycles. The second-order valence-corrected chi connectivity index (χ2v) is 7.83. The average molecular weight is 439 g/mol. The molecule has 0 radical (unpaired) electrons. The van der Waals surface area contributed by atoms with Gasteiger partial charge in [0.15, 0.2) is 12.5 Å². The molecule has 160 valence electrons. The third kappa shape index (κ3) is 3.86. The van der Waals surface area contributed by atoms with Gasteiger partial charge in [0.25, 0.3) is 0 Å². The molecule has 0 saturated heterocycles. The fraction of sp³-hybridized carbons (Fsp3) is 0.273. The molecule has 0 spiro atoms. The largest absolute Gasteiger partial charge is 0.489 e. The summed E-state index contributed by atoms with van der Waals surface area (Å²) in [7, 11) is 1.83. The number of nitrogens with one attached hydrogen (secondary N) is 1. The minimum Gasteiger partial charge on any atom is -0.489 e. The molecule has 8 nitrogen and oxygen atoms in total. The van der Waals surface area contributed by atoms with Gasteiger partial charge in [0.2, 0.25) is 0 Å². The van der Waals surface area contributed by atoms with Gasteiger partial charge in [-0.25, -0.2) is 5.01 Å². The molecule has 0 aliphatic carbocycles. The molecule has 1 N–H and O–H groups in total. The van der Waals surface area contributed by atoms with Gasteiger partial charge in [-0.1, -0.05) is 29.0 Å². The van der Waals surface area contributed by atoms with Crippen LogP contribution in [0.15, 0.2) is 46.8 Å². The van der Waals surface area contributed by atoms with E-state index in [-0.39, 0.29) is 0 Å². The maximum Gasteiger partial charge on any atom is 0.195 e. The molecule has 1 unspecified atom stereocenters. The lowest BCUT2D eigenvalue weighted by Crippen LogP contribution is -2.37. The van der Waals surface area contributed by atoms with Crippen LogP contribution in [-0.2, 0) is 18.4 Å². The quantitative estimate of drug-likeness (QED) is 0.574. The first-order chi connectivity index (χ1) is 14.9. The fourth-order valence-electron chi connectivity index (χ4n) is 3.61. The predicted molar refractivity (Wildman–Crippen MR) is 119 cm³/mol. The molecule has 2 aromatic carbocycles. The highest BCUT2D eigenvalue weighted by Crippen LogP contribution is 2.32. The number of carbonyl (C=O) groups excluding carboxylic acids is 1. The molecule has 0 fully saturated rings. The number of nitrogens with zero attached hydrogens (tertiary/aromatic N) is 5. The summed E-state index contributed by atoms with van der Waals surface area (Å²) < 4.78 is 7.83. The summed E-state index contributed by atoms with van der Waals surface area (Å²) in [4.78, 5) is 11.3. The molecule has 1 aliphatic rings. The first-order valence-electron chi connectivity index (χ1n) is 9.82. The highest BCUT2D eigenvalue weighted by Gasteiger charge is 2.25. The van der Waals surface area contributed by atoms with E-state index in [0.717, 1.165) is 51.2 Å². The summed E-state index contributed by atoms with van der Waals surface area (Å²) >= 11 is 6.27. The number of aryl methyl sites for hydroxylation is 3. The normalized spacial score (nSPS) is 15.3. The summed E-state index contributed by atoms with van der Waals surface area (Å²) in [6, 6.07) is 11.8. The van der Waals surface area contributed by atoms with E-state index in [0.29, 0.717) is 11.8 Å². The lowest BCUT2D eigenvalue weighted by Gasteiger charge is -2.22. The lowest BCUT2D eigenvalue weighted by molar-refractivity contribution is -0.109. The maximum absolute atomic E-state index is 11.3. The third-order valence-corrected chi connectivity index (χ3v) is 5.90. The summed E-state index contributed by atoms with van der Waals surface area (Å²) in [5, 5.41) is 14.5. The van der Waals surface area contributed by atoms with Crippen LogP contribution >= 0.6 is 11.6 Å². The van der Waals surface area contributed by atoms with Gasteiger partial charge < -0.3 is 4.74 Å². The van der Waals surface area contributed by atoms with E-state index in [1.54, 1.807) is 9.69 Å². The van der Waals surface area contributed by atoms with Crippen molar-refractivity contribution in [3.63, 3.8) is 0 Å². The van der Waals surface area contributed by atoms with Gasteiger partial charge >= 0.3 is 0 Å². The van der Waals surface area contributed by atoms with E-state index in [1.807, 2.05) is 64.2 Å². The van der Waals surface area contributed by atoms with Gasteiger partial charge in [-0.15, -0.1) is 0 Å². The fourth-order valence-corrected chi connectivity index (χ4v) is 3.74. The van der Waals surface area contributed by atoms with Crippen LogP contribution in [0.5, 0.6) is 5.75 Å². The minimum atomic E-state index is -0.630. The van der Waals surface area contributed by atoms with Gasteiger partial charge in [0.1, 0.15) is 17.5 Å². The van der Waals surface area contributed by atoms with E-state index in [2.05, 4.69) is 21.0 Å². The number of hydrogen-bond donors (Lipinski definition) is 1. The third-order valence-electron chi connectivity index (χ3n) is 5.37. The molecule has 3 aromatic rings. The Balaban J connectivity index is 1.58. The molecular weight excluding hydrogens is 416 g/mol. The molecule has 1 atom stereocenters. The average Bonchev–Trinajstić information content (AvgIpc) is 3.33. The van der Waals surface area contributed by atoms with Crippen molar-refractivity contribution < 1.29 is 9.53 Å². The smallest absolute Gasteiger partial charge is 0.195 e. The van der Waals surface area contributed by atoms with Gasteiger partial charge in [0.05, 0.1) is 11.4 Å². The molecule has 0 bridgehead atoms. The van der Waals surface area contributed by atoms with Crippen molar-refractivity contribution in [2.75, 3.05) is 5.01 Å². The second-order valence-electron chi connectivity index (χ2n) is 7.47. The summed E-state index contributed by atoms with van der Waals surface area (Å²) in [5.41, 5.74) is 9.20. The number of carbonyl (C=O) groups is 1. The zero-order chi connectivity index (χ0) is 22.1. The van der Waals surface area contributed by atoms with Crippen molar-refractivity contribution in [1.29, 1.82) is 0 Å². The number of rotatable bonds is 6. The number of benzene rings is 2. The van der Waals surface area contributed by atoms with Crippen LogP contribution < -0.4 is 15.2 Å². The van der Waals surface area contributed by atoms with E-state index in [9.17, 15) is 4.79 Å². The molecule has 31 heavy (non-hydrogen) atoms. The van der Waals surface area contributed by atoms with Crippen molar-refractivity contribution in [2.24, 2.45) is 17.5 Å². The predicted octanol–water partition coefficient (Wildman–Crippen LogP) is 4.46. The van der Waals surface area contributed by atoms with Gasteiger partial charge in [-0.2, -0.15) is 5.10 Å². The van der Waals surface area contributed by atoms with E-state index in [4.69, 9.17) is 16.3 Å². The molecule has 9 heteroatoms. The Morgan fingerprint density at radius 3 is 2.68 bits per heavy atom.